The van der Waals surface area contributed by atoms with Crippen molar-refractivity contribution in [2.75, 3.05) is 6.54 Å². The van der Waals surface area contributed by atoms with Crippen LogP contribution in [0.3, 0.4) is 0 Å². The molecule has 2 nitrogen and oxygen atoms in total. The summed E-state index contributed by atoms with van der Waals surface area (Å²) in [4.78, 5) is 4.32. The highest BCUT2D eigenvalue weighted by Crippen LogP contribution is 2.60. The molecule has 1 aromatic rings. The van der Waals surface area contributed by atoms with Crippen LogP contribution in [0, 0.1) is 11.3 Å². The van der Waals surface area contributed by atoms with Gasteiger partial charge in [-0.2, -0.15) is 0 Å². The summed E-state index contributed by atoms with van der Waals surface area (Å²) >= 11 is 0. The van der Waals surface area contributed by atoms with Gasteiger partial charge in [0.05, 0.1) is 5.69 Å². The Bertz CT molecular complexity index is 326. The molecule has 0 unspecified atom stereocenters. The molecule has 1 heterocycles. The number of nitrogens with one attached hydrogen (secondary N) is 1. The van der Waals surface area contributed by atoms with E-state index in [2.05, 4.69) is 22.4 Å². The molecule has 80 valence electrons. The van der Waals surface area contributed by atoms with Gasteiger partial charge in [0.2, 0.25) is 0 Å². The van der Waals surface area contributed by atoms with E-state index in [4.69, 9.17) is 0 Å². The fourth-order valence-electron chi connectivity index (χ4n) is 2.53. The van der Waals surface area contributed by atoms with Crippen molar-refractivity contribution in [1.82, 2.24) is 10.3 Å². The van der Waals surface area contributed by atoms with Crippen LogP contribution in [0.5, 0.6) is 0 Å². The average molecular weight is 202 g/mol. The number of pyridine rings is 1. The van der Waals surface area contributed by atoms with E-state index < -0.39 is 0 Å². The summed E-state index contributed by atoms with van der Waals surface area (Å²) in [6, 6.07) is 6.11. The highest BCUT2D eigenvalue weighted by molar-refractivity contribution is 5.06. The van der Waals surface area contributed by atoms with Crippen LogP contribution in [0.1, 0.15) is 31.4 Å². The van der Waals surface area contributed by atoms with Gasteiger partial charge in [-0.25, -0.2) is 0 Å². The van der Waals surface area contributed by atoms with E-state index in [1.807, 2.05) is 12.3 Å². The number of aromatic nitrogens is 1. The molecule has 2 aliphatic carbocycles. The molecule has 1 aromatic heterocycles. The molecule has 2 fully saturated rings. The molecule has 0 aliphatic heterocycles. The average Bonchev–Trinajstić information content (AvgIpc) is 3.14. The van der Waals surface area contributed by atoms with E-state index >= 15 is 0 Å². The third kappa shape index (κ3) is 2.05. The van der Waals surface area contributed by atoms with E-state index in [1.54, 1.807) is 0 Å². The van der Waals surface area contributed by atoms with Gasteiger partial charge in [0, 0.05) is 19.3 Å². The van der Waals surface area contributed by atoms with Crippen LogP contribution in [-0.2, 0) is 6.54 Å². The lowest BCUT2D eigenvalue weighted by Crippen LogP contribution is -2.25. The Morgan fingerprint density at radius 3 is 2.80 bits per heavy atom. The Kier molecular flexibility index (Phi) is 2.24. The third-order valence-corrected chi connectivity index (χ3v) is 3.84. The second-order valence-electron chi connectivity index (χ2n) is 5.06. The summed E-state index contributed by atoms with van der Waals surface area (Å²) in [7, 11) is 0. The van der Waals surface area contributed by atoms with Crippen molar-refractivity contribution in [1.29, 1.82) is 0 Å². The van der Waals surface area contributed by atoms with Gasteiger partial charge in [0.25, 0.3) is 0 Å². The van der Waals surface area contributed by atoms with Crippen molar-refractivity contribution >= 4 is 0 Å². The second-order valence-corrected chi connectivity index (χ2v) is 5.06. The zero-order valence-corrected chi connectivity index (χ0v) is 9.08. The van der Waals surface area contributed by atoms with E-state index in [9.17, 15) is 0 Å². The summed E-state index contributed by atoms with van der Waals surface area (Å²) in [5.74, 6) is 1.05. The maximum absolute atomic E-state index is 4.32. The van der Waals surface area contributed by atoms with Gasteiger partial charge >= 0.3 is 0 Å². The second kappa shape index (κ2) is 3.60. The standard InChI is InChI=1S/C13H18N2/c1-2-8-15-12(3-1)9-14-10-13(6-7-13)11-4-5-11/h1-3,8,11,14H,4-7,9-10H2. The molecule has 2 saturated carbocycles. The Morgan fingerprint density at radius 2 is 2.20 bits per heavy atom. The lowest BCUT2D eigenvalue weighted by atomic mass is 10.0. The van der Waals surface area contributed by atoms with Gasteiger partial charge in [0.15, 0.2) is 0 Å². The van der Waals surface area contributed by atoms with E-state index in [0.29, 0.717) is 5.41 Å². The van der Waals surface area contributed by atoms with Crippen molar-refractivity contribution in [3.05, 3.63) is 30.1 Å². The third-order valence-electron chi connectivity index (χ3n) is 3.84. The van der Waals surface area contributed by atoms with Crippen LogP contribution in [0.15, 0.2) is 24.4 Å². The van der Waals surface area contributed by atoms with Crippen molar-refractivity contribution in [2.24, 2.45) is 11.3 Å². The van der Waals surface area contributed by atoms with Crippen molar-refractivity contribution < 1.29 is 0 Å². The lowest BCUT2D eigenvalue weighted by molar-refractivity contribution is 0.402. The molecule has 0 saturated heterocycles. The highest BCUT2D eigenvalue weighted by atomic mass is 14.9. The molecule has 0 aromatic carbocycles. The van der Waals surface area contributed by atoms with Crippen LogP contribution in [0.4, 0.5) is 0 Å². The predicted molar refractivity (Wildman–Crippen MR) is 60.3 cm³/mol. The molecule has 0 amide bonds. The Hall–Kier alpha value is -0.890. The quantitative estimate of drug-likeness (QED) is 0.793. The molecular formula is C13H18N2. The first-order valence-corrected chi connectivity index (χ1v) is 6.00. The zero-order chi connectivity index (χ0) is 10.1. The Balaban J connectivity index is 1.47. The maximum atomic E-state index is 4.32. The Morgan fingerprint density at radius 1 is 1.33 bits per heavy atom. The predicted octanol–water partition coefficient (Wildman–Crippen LogP) is 2.36. The topological polar surface area (TPSA) is 24.9 Å². The van der Waals surface area contributed by atoms with E-state index in [0.717, 1.165) is 18.2 Å². The molecule has 2 heteroatoms. The molecular weight excluding hydrogens is 184 g/mol. The molecule has 0 bridgehead atoms. The first-order chi connectivity index (χ1) is 7.39. The number of rotatable bonds is 5. The van der Waals surface area contributed by atoms with E-state index in [-0.39, 0.29) is 0 Å². The number of hydrogen-bond donors (Lipinski definition) is 1. The number of hydrogen-bond acceptors (Lipinski definition) is 2. The lowest BCUT2D eigenvalue weighted by Gasteiger charge is -2.14. The fraction of sp³-hybridized carbons (Fsp3) is 0.615. The van der Waals surface area contributed by atoms with Crippen LogP contribution in [-0.4, -0.2) is 11.5 Å². The minimum Gasteiger partial charge on any atom is -0.311 e. The summed E-state index contributed by atoms with van der Waals surface area (Å²) in [5, 5.41) is 3.56. The summed E-state index contributed by atoms with van der Waals surface area (Å²) in [5.41, 5.74) is 1.86. The smallest absolute Gasteiger partial charge is 0.0541 e. The van der Waals surface area contributed by atoms with Gasteiger partial charge < -0.3 is 5.32 Å². The van der Waals surface area contributed by atoms with Crippen molar-refractivity contribution in [3.63, 3.8) is 0 Å². The van der Waals surface area contributed by atoms with Gasteiger partial charge in [-0.3, -0.25) is 4.98 Å². The van der Waals surface area contributed by atoms with Crippen molar-refractivity contribution in [3.8, 4) is 0 Å². The molecule has 0 radical (unpaired) electrons. The van der Waals surface area contributed by atoms with Crippen LogP contribution in [0.2, 0.25) is 0 Å². The molecule has 2 aliphatic rings. The van der Waals surface area contributed by atoms with Crippen LogP contribution >= 0.6 is 0 Å². The molecule has 0 atom stereocenters. The molecule has 1 N–H and O–H groups in total. The molecule has 0 spiro atoms. The summed E-state index contributed by atoms with van der Waals surface area (Å²) in [6.07, 6.45) is 7.72. The van der Waals surface area contributed by atoms with Gasteiger partial charge in [-0.15, -0.1) is 0 Å². The summed E-state index contributed by atoms with van der Waals surface area (Å²) in [6.45, 7) is 2.13. The Labute approximate surface area is 91.1 Å². The largest absolute Gasteiger partial charge is 0.311 e. The molecule has 15 heavy (non-hydrogen) atoms. The maximum Gasteiger partial charge on any atom is 0.0541 e. The molecule has 3 rings (SSSR count). The zero-order valence-electron chi connectivity index (χ0n) is 9.08. The van der Waals surface area contributed by atoms with Gasteiger partial charge in [-0.1, -0.05) is 6.07 Å². The first kappa shape index (κ1) is 9.34. The fourth-order valence-corrected chi connectivity index (χ4v) is 2.53. The van der Waals surface area contributed by atoms with Crippen molar-refractivity contribution in [2.45, 2.75) is 32.2 Å². The minimum absolute atomic E-state index is 0.703. The summed E-state index contributed by atoms with van der Waals surface area (Å²) < 4.78 is 0. The van der Waals surface area contributed by atoms with Crippen LogP contribution in [0.25, 0.3) is 0 Å². The SMILES string of the molecule is c1ccc(CNCC2(C3CC3)CC2)nc1. The normalized spacial score (nSPS) is 22.7. The van der Waals surface area contributed by atoms with Gasteiger partial charge in [0.1, 0.15) is 0 Å². The van der Waals surface area contributed by atoms with E-state index in [1.165, 1.54) is 32.2 Å². The van der Waals surface area contributed by atoms with Crippen LogP contribution < -0.4 is 5.32 Å². The highest BCUT2D eigenvalue weighted by Gasteiger charge is 2.53. The monoisotopic (exact) mass is 202 g/mol. The van der Waals surface area contributed by atoms with Gasteiger partial charge in [-0.05, 0) is 49.1 Å². The minimum atomic E-state index is 0.703. The number of nitrogens with zero attached hydrogens (tertiary/aromatic N) is 1. The first-order valence-electron chi connectivity index (χ1n) is 6.00.